The van der Waals surface area contributed by atoms with E-state index in [1.807, 2.05) is 30.3 Å². The Morgan fingerprint density at radius 2 is 1.95 bits per heavy atom. The molecule has 1 aromatic carbocycles. The fourth-order valence-corrected chi connectivity index (χ4v) is 2.34. The summed E-state index contributed by atoms with van der Waals surface area (Å²) in [6.07, 6.45) is 0.374. The van der Waals surface area contributed by atoms with Crippen LogP contribution >= 0.6 is 0 Å². The van der Waals surface area contributed by atoms with Crippen molar-refractivity contribution in [3.63, 3.8) is 0 Å². The molecule has 1 saturated heterocycles. The number of carbonyl (C=O) groups excluding carboxylic acids is 3. The van der Waals surface area contributed by atoms with E-state index in [0.717, 1.165) is 5.56 Å². The standard InChI is InChI=1S/C15H17NO3/c1-11(17)9-13-14(18)7-8-16(15(13)19)10-12-5-3-2-4-6-12/h2-6,13H,7-10H2,1H3. The quantitative estimate of drug-likeness (QED) is 0.771. The smallest absolute Gasteiger partial charge is 0.233 e. The molecule has 0 aromatic heterocycles. The SMILES string of the molecule is CC(=O)CC1C(=O)CCN(Cc2ccccc2)C1=O. The van der Waals surface area contributed by atoms with Crippen LogP contribution in [0.5, 0.6) is 0 Å². The van der Waals surface area contributed by atoms with Crippen LogP contribution in [0.3, 0.4) is 0 Å². The highest BCUT2D eigenvalue weighted by molar-refractivity contribution is 6.06. The third-order valence-electron chi connectivity index (χ3n) is 3.33. The molecular weight excluding hydrogens is 242 g/mol. The predicted octanol–water partition coefficient (Wildman–Crippen LogP) is 1.58. The average Bonchev–Trinajstić information content (AvgIpc) is 2.39. The van der Waals surface area contributed by atoms with Gasteiger partial charge < -0.3 is 4.90 Å². The molecule has 0 radical (unpaired) electrons. The third kappa shape index (κ3) is 3.28. The number of ketones is 2. The molecule has 2 rings (SSSR count). The van der Waals surface area contributed by atoms with E-state index >= 15 is 0 Å². The van der Waals surface area contributed by atoms with Crippen LogP contribution in [-0.2, 0) is 20.9 Å². The second-order valence-electron chi connectivity index (χ2n) is 4.92. The van der Waals surface area contributed by atoms with E-state index in [4.69, 9.17) is 0 Å². The van der Waals surface area contributed by atoms with Crippen LogP contribution < -0.4 is 0 Å². The fraction of sp³-hybridized carbons (Fsp3) is 0.400. The number of Topliss-reactive ketones (excluding diaryl/α,β-unsaturated/α-hetero) is 2. The van der Waals surface area contributed by atoms with Gasteiger partial charge in [-0.3, -0.25) is 14.4 Å². The van der Waals surface area contributed by atoms with Gasteiger partial charge in [0, 0.05) is 25.9 Å². The van der Waals surface area contributed by atoms with Gasteiger partial charge in [-0.15, -0.1) is 0 Å². The van der Waals surface area contributed by atoms with Gasteiger partial charge in [-0.25, -0.2) is 0 Å². The zero-order chi connectivity index (χ0) is 13.8. The molecule has 4 nitrogen and oxygen atoms in total. The molecule has 1 aromatic rings. The van der Waals surface area contributed by atoms with Crippen molar-refractivity contribution in [2.75, 3.05) is 6.54 Å². The first kappa shape index (κ1) is 13.5. The minimum atomic E-state index is -0.769. The lowest BCUT2D eigenvalue weighted by atomic mass is 9.90. The summed E-state index contributed by atoms with van der Waals surface area (Å²) in [5.74, 6) is -1.21. The maximum absolute atomic E-state index is 12.2. The molecule has 0 spiro atoms. The van der Waals surface area contributed by atoms with Crippen LogP contribution in [0.2, 0.25) is 0 Å². The topological polar surface area (TPSA) is 54.5 Å². The number of likely N-dealkylation sites (tertiary alicyclic amines) is 1. The number of rotatable bonds is 4. The monoisotopic (exact) mass is 259 g/mol. The van der Waals surface area contributed by atoms with Crippen molar-refractivity contribution in [2.24, 2.45) is 5.92 Å². The van der Waals surface area contributed by atoms with Gasteiger partial charge in [0.2, 0.25) is 5.91 Å². The molecule has 1 unspecified atom stereocenters. The van der Waals surface area contributed by atoms with Crippen molar-refractivity contribution in [1.82, 2.24) is 4.90 Å². The lowest BCUT2D eigenvalue weighted by Crippen LogP contribution is -2.46. The van der Waals surface area contributed by atoms with Gasteiger partial charge in [0.15, 0.2) is 0 Å². The average molecular weight is 259 g/mol. The maximum atomic E-state index is 12.2. The molecular formula is C15H17NO3. The number of nitrogens with zero attached hydrogens (tertiary/aromatic N) is 1. The highest BCUT2D eigenvalue weighted by Crippen LogP contribution is 2.20. The first-order valence-electron chi connectivity index (χ1n) is 6.43. The molecule has 0 aliphatic carbocycles. The molecule has 1 aliphatic heterocycles. The lowest BCUT2D eigenvalue weighted by molar-refractivity contribution is -0.148. The molecule has 100 valence electrons. The van der Waals surface area contributed by atoms with Crippen LogP contribution in [0.4, 0.5) is 0 Å². The zero-order valence-electron chi connectivity index (χ0n) is 11.0. The summed E-state index contributed by atoms with van der Waals surface area (Å²) in [5.41, 5.74) is 1.03. The Labute approximate surface area is 112 Å². The van der Waals surface area contributed by atoms with E-state index in [9.17, 15) is 14.4 Å². The summed E-state index contributed by atoms with van der Waals surface area (Å²) >= 11 is 0. The molecule has 4 heteroatoms. The van der Waals surface area contributed by atoms with Crippen molar-refractivity contribution < 1.29 is 14.4 Å². The zero-order valence-corrected chi connectivity index (χ0v) is 11.0. The number of amides is 1. The summed E-state index contributed by atoms with van der Waals surface area (Å²) in [4.78, 5) is 36.8. The van der Waals surface area contributed by atoms with Crippen molar-refractivity contribution in [3.8, 4) is 0 Å². The number of benzene rings is 1. The summed E-state index contributed by atoms with van der Waals surface area (Å²) in [5, 5.41) is 0. The van der Waals surface area contributed by atoms with Crippen LogP contribution in [0, 0.1) is 5.92 Å². The molecule has 1 amide bonds. The highest BCUT2D eigenvalue weighted by Gasteiger charge is 2.35. The largest absolute Gasteiger partial charge is 0.337 e. The lowest BCUT2D eigenvalue weighted by Gasteiger charge is -2.31. The van der Waals surface area contributed by atoms with Crippen molar-refractivity contribution in [3.05, 3.63) is 35.9 Å². The first-order chi connectivity index (χ1) is 9.08. The Balaban J connectivity index is 2.08. The van der Waals surface area contributed by atoms with E-state index in [1.54, 1.807) is 4.90 Å². The van der Waals surface area contributed by atoms with Gasteiger partial charge in [0.25, 0.3) is 0 Å². The second-order valence-corrected chi connectivity index (χ2v) is 4.92. The Hall–Kier alpha value is -1.97. The molecule has 1 atom stereocenters. The molecule has 1 fully saturated rings. The Kier molecular flexibility index (Phi) is 4.10. The molecule has 0 bridgehead atoms. The highest BCUT2D eigenvalue weighted by atomic mass is 16.2. The fourth-order valence-electron chi connectivity index (χ4n) is 2.34. The van der Waals surface area contributed by atoms with Crippen molar-refractivity contribution in [1.29, 1.82) is 0 Å². The number of piperidine rings is 1. The number of hydrogen-bond donors (Lipinski definition) is 0. The Bertz CT molecular complexity index is 495. The molecule has 0 N–H and O–H groups in total. The molecule has 1 heterocycles. The summed E-state index contributed by atoms with van der Waals surface area (Å²) < 4.78 is 0. The Morgan fingerprint density at radius 3 is 2.58 bits per heavy atom. The number of hydrogen-bond acceptors (Lipinski definition) is 3. The summed E-state index contributed by atoms with van der Waals surface area (Å²) in [6, 6.07) is 9.65. The molecule has 19 heavy (non-hydrogen) atoms. The van der Waals surface area contributed by atoms with Crippen molar-refractivity contribution >= 4 is 17.5 Å². The van der Waals surface area contributed by atoms with Crippen LogP contribution in [0.25, 0.3) is 0 Å². The summed E-state index contributed by atoms with van der Waals surface area (Å²) in [6.45, 7) is 2.36. The van der Waals surface area contributed by atoms with Gasteiger partial charge >= 0.3 is 0 Å². The minimum absolute atomic E-state index is 0.0307. The Morgan fingerprint density at radius 1 is 1.26 bits per heavy atom. The van der Waals surface area contributed by atoms with E-state index in [1.165, 1.54) is 6.92 Å². The van der Waals surface area contributed by atoms with Gasteiger partial charge in [0.05, 0.1) is 0 Å². The summed E-state index contributed by atoms with van der Waals surface area (Å²) in [7, 11) is 0. The maximum Gasteiger partial charge on any atom is 0.233 e. The molecule has 0 saturated carbocycles. The third-order valence-corrected chi connectivity index (χ3v) is 3.33. The van der Waals surface area contributed by atoms with Crippen molar-refractivity contribution in [2.45, 2.75) is 26.3 Å². The van der Waals surface area contributed by atoms with E-state index in [2.05, 4.69) is 0 Å². The van der Waals surface area contributed by atoms with Gasteiger partial charge in [-0.05, 0) is 12.5 Å². The second kappa shape index (κ2) is 5.78. The van der Waals surface area contributed by atoms with Gasteiger partial charge in [0.1, 0.15) is 17.5 Å². The van der Waals surface area contributed by atoms with E-state index in [0.29, 0.717) is 19.5 Å². The number of carbonyl (C=O) groups is 3. The van der Waals surface area contributed by atoms with Crippen LogP contribution in [-0.4, -0.2) is 28.9 Å². The predicted molar refractivity (Wildman–Crippen MR) is 70.3 cm³/mol. The van der Waals surface area contributed by atoms with Gasteiger partial charge in [-0.2, -0.15) is 0 Å². The van der Waals surface area contributed by atoms with Gasteiger partial charge in [-0.1, -0.05) is 30.3 Å². The van der Waals surface area contributed by atoms with E-state index < -0.39 is 5.92 Å². The van der Waals surface area contributed by atoms with Crippen LogP contribution in [0.1, 0.15) is 25.3 Å². The van der Waals surface area contributed by atoms with Crippen LogP contribution in [0.15, 0.2) is 30.3 Å². The molecule has 1 aliphatic rings. The normalized spacial score (nSPS) is 19.6. The van der Waals surface area contributed by atoms with E-state index in [-0.39, 0.29) is 23.9 Å². The minimum Gasteiger partial charge on any atom is -0.337 e. The first-order valence-corrected chi connectivity index (χ1v) is 6.43.